The van der Waals surface area contributed by atoms with E-state index in [9.17, 15) is 0 Å². The lowest BCUT2D eigenvalue weighted by Gasteiger charge is -2.30. The van der Waals surface area contributed by atoms with Gasteiger partial charge in [-0.1, -0.05) is 31.2 Å². The molecule has 0 spiro atoms. The molecule has 0 aliphatic carbocycles. The van der Waals surface area contributed by atoms with Crippen molar-refractivity contribution in [2.45, 2.75) is 33.2 Å². The second kappa shape index (κ2) is 6.12. The summed E-state index contributed by atoms with van der Waals surface area (Å²) in [6.07, 6.45) is 2.17. The van der Waals surface area contributed by atoms with Crippen molar-refractivity contribution >= 4 is 11.6 Å². The zero-order valence-corrected chi connectivity index (χ0v) is 12.8. The molecule has 1 N–H and O–H groups in total. The van der Waals surface area contributed by atoms with Gasteiger partial charge in [0.1, 0.15) is 17.5 Å². The molecular weight excluding hydrogens is 260 g/mol. The minimum absolute atomic E-state index is 0.824. The van der Waals surface area contributed by atoms with Crippen LogP contribution < -0.4 is 10.2 Å². The molecule has 3 rings (SSSR count). The number of nitrogens with one attached hydrogen (secondary N) is 1. The van der Waals surface area contributed by atoms with E-state index in [4.69, 9.17) is 0 Å². The Morgan fingerprint density at radius 1 is 1.19 bits per heavy atom. The van der Waals surface area contributed by atoms with Crippen molar-refractivity contribution in [3.63, 3.8) is 0 Å². The Morgan fingerprint density at radius 3 is 2.81 bits per heavy atom. The predicted molar refractivity (Wildman–Crippen MR) is 86.7 cm³/mol. The molecule has 1 aliphatic heterocycles. The Labute approximate surface area is 126 Å². The number of fused-ring (bicyclic) bond motifs is 1. The van der Waals surface area contributed by atoms with Gasteiger partial charge in [0.2, 0.25) is 0 Å². The van der Waals surface area contributed by atoms with Crippen LogP contribution >= 0.6 is 0 Å². The SMILES string of the molecule is CCCNc1cc(N2CCc3ccccc3C2)nc(C)n1. The van der Waals surface area contributed by atoms with Crippen LogP contribution in [0.25, 0.3) is 0 Å². The van der Waals surface area contributed by atoms with E-state index in [1.165, 1.54) is 11.1 Å². The molecular formula is C17H22N4. The first-order chi connectivity index (χ1) is 10.3. The molecule has 2 aromatic rings. The van der Waals surface area contributed by atoms with Gasteiger partial charge in [-0.05, 0) is 30.9 Å². The van der Waals surface area contributed by atoms with Gasteiger partial charge in [0.25, 0.3) is 0 Å². The molecule has 2 heterocycles. The van der Waals surface area contributed by atoms with Gasteiger partial charge in [0.15, 0.2) is 0 Å². The van der Waals surface area contributed by atoms with E-state index in [1.807, 2.05) is 6.92 Å². The van der Waals surface area contributed by atoms with Gasteiger partial charge in [-0.2, -0.15) is 0 Å². The van der Waals surface area contributed by atoms with Crippen LogP contribution in [0.2, 0.25) is 0 Å². The van der Waals surface area contributed by atoms with E-state index in [0.717, 1.165) is 49.9 Å². The average Bonchev–Trinajstić information content (AvgIpc) is 2.52. The maximum absolute atomic E-state index is 4.61. The highest BCUT2D eigenvalue weighted by molar-refractivity contribution is 5.51. The highest BCUT2D eigenvalue weighted by Crippen LogP contribution is 2.24. The van der Waals surface area contributed by atoms with Crippen LogP contribution in [-0.2, 0) is 13.0 Å². The van der Waals surface area contributed by atoms with E-state index in [2.05, 4.69) is 57.4 Å². The van der Waals surface area contributed by atoms with Crippen molar-refractivity contribution < 1.29 is 0 Å². The smallest absolute Gasteiger partial charge is 0.134 e. The van der Waals surface area contributed by atoms with E-state index < -0.39 is 0 Å². The molecule has 1 aromatic carbocycles. The van der Waals surface area contributed by atoms with E-state index in [-0.39, 0.29) is 0 Å². The van der Waals surface area contributed by atoms with Crippen molar-refractivity contribution in [2.24, 2.45) is 0 Å². The zero-order chi connectivity index (χ0) is 14.7. The first-order valence-electron chi connectivity index (χ1n) is 7.67. The predicted octanol–water partition coefficient (Wildman–Crippen LogP) is 3.17. The molecule has 0 amide bonds. The van der Waals surface area contributed by atoms with E-state index in [1.54, 1.807) is 0 Å². The highest BCUT2D eigenvalue weighted by Gasteiger charge is 2.17. The van der Waals surface area contributed by atoms with Crippen molar-refractivity contribution in [2.75, 3.05) is 23.3 Å². The first-order valence-corrected chi connectivity index (χ1v) is 7.67. The van der Waals surface area contributed by atoms with Gasteiger partial charge < -0.3 is 10.2 Å². The van der Waals surface area contributed by atoms with Gasteiger partial charge in [-0.25, -0.2) is 9.97 Å². The largest absolute Gasteiger partial charge is 0.370 e. The van der Waals surface area contributed by atoms with Gasteiger partial charge in [-0.3, -0.25) is 0 Å². The minimum Gasteiger partial charge on any atom is -0.370 e. The molecule has 4 heteroatoms. The maximum Gasteiger partial charge on any atom is 0.134 e. The molecule has 1 aromatic heterocycles. The summed E-state index contributed by atoms with van der Waals surface area (Å²) in [5.41, 5.74) is 2.87. The highest BCUT2D eigenvalue weighted by atomic mass is 15.2. The van der Waals surface area contributed by atoms with Gasteiger partial charge in [0, 0.05) is 25.7 Å². The molecule has 0 fully saturated rings. The third-order valence-electron chi connectivity index (χ3n) is 3.84. The molecule has 0 atom stereocenters. The number of benzene rings is 1. The summed E-state index contributed by atoms with van der Waals surface area (Å²) in [5.74, 6) is 2.78. The standard InChI is InChI=1S/C17H22N4/c1-3-9-18-16-11-17(20-13(2)19-16)21-10-8-14-6-4-5-7-15(14)12-21/h4-7,11H,3,8-10,12H2,1-2H3,(H,18,19,20). The second-order valence-corrected chi connectivity index (χ2v) is 5.53. The molecule has 0 saturated heterocycles. The third kappa shape index (κ3) is 3.15. The lowest BCUT2D eigenvalue weighted by molar-refractivity contribution is 0.717. The normalized spacial score (nSPS) is 13.9. The molecule has 0 radical (unpaired) electrons. The van der Waals surface area contributed by atoms with Crippen molar-refractivity contribution in [3.8, 4) is 0 Å². The fourth-order valence-electron chi connectivity index (χ4n) is 2.75. The molecule has 21 heavy (non-hydrogen) atoms. The molecule has 110 valence electrons. The number of anilines is 2. The first kappa shape index (κ1) is 13.9. The summed E-state index contributed by atoms with van der Waals surface area (Å²) in [7, 11) is 0. The molecule has 4 nitrogen and oxygen atoms in total. The molecule has 0 bridgehead atoms. The molecule has 0 unspecified atom stereocenters. The van der Waals surface area contributed by atoms with Gasteiger partial charge in [0.05, 0.1) is 0 Å². The Hall–Kier alpha value is -2.10. The summed E-state index contributed by atoms with van der Waals surface area (Å²) in [5, 5.41) is 3.36. The van der Waals surface area contributed by atoms with Crippen LogP contribution in [0.4, 0.5) is 11.6 Å². The topological polar surface area (TPSA) is 41.0 Å². The monoisotopic (exact) mass is 282 g/mol. The third-order valence-corrected chi connectivity index (χ3v) is 3.84. The van der Waals surface area contributed by atoms with Gasteiger partial charge >= 0.3 is 0 Å². The molecule has 0 saturated carbocycles. The van der Waals surface area contributed by atoms with Crippen molar-refractivity contribution in [1.82, 2.24) is 9.97 Å². The summed E-state index contributed by atoms with van der Waals surface area (Å²) >= 11 is 0. The van der Waals surface area contributed by atoms with Gasteiger partial charge in [-0.15, -0.1) is 0 Å². The fraction of sp³-hybridized carbons (Fsp3) is 0.412. The van der Waals surface area contributed by atoms with Crippen LogP contribution in [0.3, 0.4) is 0 Å². The molecule has 1 aliphatic rings. The summed E-state index contributed by atoms with van der Waals surface area (Å²) in [6, 6.07) is 10.7. The number of aromatic nitrogens is 2. The zero-order valence-electron chi connectivity index (χ0n) is 12.8. The lowest BCUT2D eigenvalue weighted by Crippen LogP contribution is -2.31. The van der Waals surface area contributed by atoms with Crippen LogP contribution in [0, 0.1) is 6.92 Å². The number of nitrogens with zero attached hydrogens (tertiary/aromatic N) is 3. The van der Waals surface area contributed by atoms with Crippen LogP contribution in [-0.4, -0.2) is 23.1 Å². The van der Waals surface area contributed by atoms with E-state index in [0.29, 0.717) is 0 Å². The second-order valence-electron chi connectivity index (χ2n) is 5.53. The Bertz CT molecular complexity index is 624. The van der Waals surface area contributed by atoms with Crippen molar-refractivity contribution in [3.05, 3.63) is 47.3 Å². The lowest BCUT2D eigenvalue weighted by atomic mass is 10.00. The maximum atomic E-state index is 4.61. The number of rotatable bonds is 4. The van der Waals surface area contributed by atoms with Crippen LogP contribution in [0.5, 0.6) is 0 Å². The Balaban J connectivity index is 1.83. The Kier molecular flexibility index (Phi) is 4.04. The number of hydrogen-bond acceptors (Lipinski definition) is 4. The summed E-state index contributed by atoms with van der Waals surface area (Å²) in [6.45, 7) is 7.00. The summed E-state index contributed by atoms with van der Waals surface area (Å²) in [4.78, 5) is 11.4. The number of aryl methyl sites for hydroxylation is 1. The average molecular weight is 282 g/mol. The number of hydrogen-bond donors (Lipinski definition) is 1. The van der Waals surface area contributed by atoms with E-state index >= 15 is 0 Å². The van der Waals surface area contributed by atoms with Crippen LogP contribution in [0.15, 0.2) is 30.3 Å². The quantitative estimate of drug-likeness (QED) is 0.935. The summed E-state index contributed by atoms with van der Waals surface area (Å²) < 4.78 is 0. The van der Waals surface area contributed by atoms with Crippen molar-refractivity contribution in [1.29, 1.82) is 0 Å². The minimum atomic E-state index is 0.824. The Morgan fingerprint density at radius 2 is 2.00 bits per heavy atom. The van der Waals surface area contributed by atoms with Crippen LogP contribution in [0.1, 0.15) is 30.3 Å². The fourth-order valence-corrected chi connectivity index (χ4v) is 2.75.